The van der Waals surface area contributed by atoms with Crippen LogP contribution in [0.3, 0.4) is 0 Å². The Labute approximate surface area is 97.1 Å². The lowest BCUT2D eigenvalue weighted by atomic mass is 10.2. The monoisotopic (exact) mass is 256 g/mol. The minimum absolute atomic E-state index is 0.507. The van der Waals surface area contributed by atoms with E-state index in [1.807, 2.05) is 6.26 Å². The van der Waals surface area contributed by atoms with Gasteiger partial charge in [-0.25, -0.2) is 0 Å². The molecule has 0 radical (unpaired) electrons. The summed E-state index contributed by atoms with van der Waals surface area (Å²) in [5, 5.41) is 0. The fourth-order valence-electron chi connectivity index (χ4n) is 0.623. The van der Waals surface area contributed by atoms with Gasteiger partial charge < -0.3 is 9.05 Å². The average Bonchev–Trinajstić information content (AvgIpc) is 2.11. The van der Waals surface area contributed by atoms with Crippen molar-refractivity contribution in [1.82, 2.24) is 0 Å². The van der Waals surface area contributed by atoms with Gasteiger partial charge in [-0.3, -0.25) is 0 Å². The van der Waals surface area contributed by atoms with Crippen molar-refractivity contribution >= 4 is 28.9 Å². The topological polar surface area (TPSA) is 18.5 Å². The highest BCUT2D eigenvalue weighted by Crippen LogP contribution is 2.59. The summed E-state index contributed by atoms with van der Waals surface area (Å²) in [5.41, 5.74) is -2.06. The van der Waals surface area contributed by atoms with E-state index in [-0.39, 0.29) is 0 Å². The van der Waals surface area contributed by atoms with Crippen LogP contribution < -0.4 is 0 Å². The molecule has 0 fully saturated rings. The van der Waals surface area contributed by atoms with Crippen molar-refractivity contribution in [3.8, 4) is 0 Å². The van der Waals surface area contributed by atoms with Crippen molar-refractivity contribution in [3.05, 3.63) is 0 Å². The molecule has 14 heavy (non-hydrogen) atoms. The van der Waals surface area contributed by atoms with Gasteiger partial charge in [-0.1, -0.05) is 39.1 Å². The molecule has 0 bridgehead atoms. The molecule has 0 aliphatic rings. The summed E-state index contributed by atoms with van der Waals surface area (Å²) < 4.78 is 11.3. The van der Waals surface area contributed by atoms with Crippen LogP contribution in [0.2, 0.25) is 0 Å². The summed E-state index contributed by atoms with van der Waals surface area (Å²) in [7, 11) is 0. The molecule has 0 N–H and O–H groups in total. The minimum Gasteiger partial charge on any atom is -0.321 e. The maximum Gasteiger partial charge on any atom is 0.247 e. The maximum absolute atomic E-state index is 5.66. The molecule has 0 heterocycles. The molecule has 0 aliphatic carbocycles. The zero-order chi connectivity index (χ0) is 11.2. The van der Waals surface area contributed by atoms with Gasteiger partial charge in [-0.15, -0.1) is 0 Å². The second-order valence-electron chi connectivity index (χ2n) is 4.01. The van der Waals surface area contributed by atoms with Gasteiger partial charge in [0.25, 0.3) is 0 Å². The van der Waals surface area contributed by atoms with Crippen molar-refractivity contribution in [3.63, 3.8) is 0 Å². The summed E-state index contributed by atoms with van der Waals surface area (Å²) in [6.45, 7) is 9.84. The lowest BCUT2D eigenvalue weighted by Crippen LogP contribution is -2.04. The zero-order valence-corrected chi connectivity index (χ0v) is 12.2. The van der Waals surface area contributed by atoms with E-state index in [0.717, 1.165) is 0 Å². The van der Waals surface area contributed by atoms with E-state index in [9.17, 15) is 0 Å². The first-order valence-corrected chi connectivity index (χ1v) is 9.31. The summed E-state index contributed by atoms with van der Waals surface area (Å²) in [6.07, 6.45) is 1.96. The molecular weight excluding hydrogens is 235 g/mol. The van der Waals surface area contributed by atoms with Crippen LogP contribution in [0.4, 0.5) is 0 Å². The number of hydrogen-bond acceptors (Lipinski definition) is 4. The number of rotatable bonds is 7. The van der Waals surface area contributed by atoms with E-state index in [4.69, 9.17) is 20.9 Å². The summed E-state index contributed by atoms with van der Waals surface area (Å²) in [5.74, 6) is 1.01. The third-order valence-corrected chi connectivity index (χ3v) is 6.68. The van der Waals surface area contributed by atoms with E-state index >= 15 is 0 Å². The second kappa shape index (κ2) is 7.24. The third kappa shape index (κ3) is 7.24. The predicted octanol–water partition coefficient (Wildman–Crippen LogP) is 3.92. The van der Waals surface area contributed by atoms with Crippen molar-refractivity contribution in [2.45, 2.75) is 27.7 Å². The van der Waals surface area contributed by atoms with Gasteiger partial charge in [0.1, 0.15) is 0 Å². The van der Waals surface area contributed by atoms with Gasteiger partial charge in [0.2, 0.25) is 5.69 Å². The Bertz CT molecular complexity index is 179. The highest BCUT2D eigenvalue weighted by Gasteiger charge is 2.18. The van der Waals surface area contributed by atoms with Crippen LogP contribution in [0.5, 0.6) is 0 Å². The van der Waals surface area contributed by atoms with E-state index < -0.39 is 5.69 Å². The molecule has 0 amide bonds. The fraction of sp³-hybridized carbons (Fsp3) is 1.00. The first-order chi connectivity index (χ1) is 6.39. The van der Waals surface area contributed by atoms with Crippen molar-refractivity contribution in [2.75, 3.05) is 19.5 Å². The van der Waals surface area contributed by atoms with Crippen LogP contribution in [0.1, 0.15) is 27.7 Å². The summed E-state index contributed by atoms with van der Waals surface area (Å²) >= 11 is 6.91. The smallest absolute Gasteiger partial charge is 0.247 e. The van der Waals surface area contributed by atoms with Crippen LogP contribution in [0, 0.1) is 11.8 Å². The molecule has 86 valence electrons. The normalized spacial score (nSPS) is 12.8. The van der Waals surface area contributed by atoms with Gasteiger partial charge in [0, 0.05) is 0 Å². The van der Waals surface area contributed by atoms with E-state index in [1.165, 1.54) is 11.4 Å². The Morgan fingerprint density at radius 3 is 1.64 bits per heavy atom. The Morgan fingerprint density at radius 2 is 1.43 bits per heavy atom. The van der Waals surface area contributed by atoms with Crippen LogP contribution in [-0.2, 0) is 20.9 Å². The van der Waals surface area contributed by atoms with E-state index in [1.54, 1.807) is 0 Å². The highest BCUT2D eigenvalue weighted by molar-refractivity contribution is 8.67. The molecule has 0 aromatic carbocycles. The molecule has 0 atom stereocenters. The van der Waals surface area contributed by atoms with Gasteiger partial charge in [0.15, 0.2) is 0 Å². The zero-order valence-electron chi connectivity index (χ0n) is 9.65. The predicted molar refractivity (Wildman–Crippen MR) is 69.4 cm³/mol. The minimum atomic E-state index is -2.06. The third-order valence-electron chi connectivity index (χ3n) is 1.36. The molecule has 5 heteroatoms. The second-order valence-corrected chi connectivity index (χ2v) is 10.5. The van der Waals surface area contributed by atoms with Crippen LogP contribution in [-0.4, -0.2) is 19.5 Å². The van der Waals surface area contributed by atoms with Crippen molar-refractivity contribution in [2.24, 2.45) is 11.8 Å². The van der Waals surface area contributed by atoms with Gasteiger partial charge in [-0.05, 0) is 29.9 Å². The SMILES string of the molecule is CSP(=S)(OCC(C)C)OCC(C)C. The first-order valence-electron chi connectivity index (χ1n) is 4.84. The molecule has 0 aromatic rings. The molecule has 0 unspecified atom stereocenters. The van der Waals surface area contributed by atoms with Gasteiger partial charge in [0.05, 0.1) is 13.2 Å². The van der Waals surface area contributed by atoms with Crippen LogP contribution in [0.25, 0.3) is 0 Å². The van der Waals surface area contributed by atoms with Crippen LogP contribution >= 0.6 is 17.1 Å². The Hall–Kier alpha value is 0.920. The highest BCUT2D eigenvalue weighted by atomic mass is 32.9. The van der Waals surface area contributed by atoms with Crippen molar-refractivity contribution < 1.29 is 9.05 Å². The molecule has 0 saturated carbocycles. The average molecular weight is 256 g/mol. The largest absolute Gasteiger partial charge is 0.321 e. The fourth-order valence-corrected chi connectivity index (χ4v) is 3.23. The molecule has 2 nitrogen and oxygen atoms in total. The number of hydrogen-bond donors (Lipinski definition) is 0. The van der Waals surface area contributed by atoms with Crippen molar-refractivity contribution in [1.29, 1.82) is 0 Å². The lowest BCUT2D eigenvalue weighted by Gasteiger charge is -2.21. The Morgan fingerprint density at radius 1 is 1.07 bits per heavy atom. The Kier molecular flexibility index (Phi) is 7.71. The summed E-state index contributed by atoms with van der Waals surface area (Å²) in [6, 6.07) is 0. The standard InChI is InChI=1S/C9H21O2PS2/c1-8(2)6-10-12(13,14-5)11-7-9(3)4/h8-9H,6-7H2,1-5H3. The Balaban J connectivity index is 3.98. The molecule has 0 aromatic heterocycles. The quantitative estimate of drug-likeness (QED) is 0.642. The maximum atomic E-state index is 5.66. The van der Waals surface area contributed by atoms with Gasteiger partial charge >= 0.3 is 0 Å². The molecule has 0 aliphatic heterocycles. The molecular formula is C9H21O2PS2. The van der Waals surface area contributed by atoms with E-state index in [2.05, 4.69) is 27.7 Å². The molecule has 0 rings (SSSR count). The van der Waals surface area contributed by atoms with E-state index in [0.29, 0.717) is 25.0 Å². The first kappa shape index (κ1) is 14.9. The summed E-state index contributed by atoms with van der Waals surface area (Å²) in [4.78, 5) is 0. The van der Waals surface area contributed by atoms with Gasteiger partial charge in [-0.2, -0.15) is 0 Å². The lowest BCUT2D eigenvalue weighted by molar-refractivity contribution is 0.219. The molecule has 0 spiro atoms. The molecule has 0 saturated heterocycles. The van der Waals surface area contributed by atoms with Crippen LogP contribution in [0.15, 0.2) is 0 Å².